The van der Waals surface area contributed by atoms with Gasteiger partial charge in [-0.3, -0.25) is 4.99 Å². The van der Waals surface area contributed by atoms with Crippen molar-refractivity contribution < 1.29 is 0 Å². The summed E-state index contributed by atoms with van der Waals surface area (Å²) >= 11 is 1.30. The molecule has 0 bridgehead atoms. The number of aliphatic imine (C=N–C) groups is 1. The van der Waals surface area contributed by atoms with Crippen molar-refractivity contribution in [1.29, 1.82) is 0 Å². The van der Waals surface area contributed by atoms with Crippen LogP contribution < -0.4 is 11.3 Å². The van der Waals surface area contributed by atoms with Crippen molar-refractivity contribution >= 4 is 17.4 Å². The highest BCUT2D eigenvalue weighted by Gasteiger charge is 2.08. The molecule has 0 spiro atoms. The summed E-state index contributed by atoms with van der Waals surface area (Å²) in [7, 11) is 0. The lowest BCUT2D eigenvalue weighted by Gasteiger charge is -2.01. The van der Waals surface area contributed by atoms with Gasteiger partial charge in [-0.2, -0.15) is 0 Å². The Bertz CT molecular complexity index is 293. The van der Waals surface area contributed by atoms with Crippen molar-refractivity contribution in [1.82, 2.24) is 15.0 Å². The normalized spacial score (nSPS) is 11.8. The van der Waals surface area contributed by atoms with Gasteiger partial charge in [-0.25, -0.2) is 5.84 Å². The lowest BCUT2D eigenvalue weighted by molar-refractivity contribution is 0.907. The van der Waals surface area contributed by atoms with Gasteiger partial charge < -0.3 is 5.43 Å². The predicted octanol–water partition coefficient (Wildman–Crippen LogP) is 0.466. The second-order valence-corrected chi connectivity index (χ2v) is 3.32. The van der Waals surface area contributed by atoms with Gasteiger partial charge in [0.1, 0.15) is 4.88 Å². The number of hydrazine groups is 1. The third kappa shape index (κ3) is 2.46. The van der Waals surface area contributed by atoms with Gasteiger partial charge in [0.05, 0.1) is 5.69 Å². The molecule has 1 rings (SSSR count). The zero-order valence-electron chi connectivity index (χ0n) is 7.74. The first-order valence-electron chi connectivity index (χ1n) is 4.10. The van der Waals surface area contributed by atoms with Gasteiger partial charge in [-0.05, 0) is 24.9 Å². The van der Waals surface area contributed by atoms with Crippen LogP contribution >= 0.6 is 11.5 Å². The SMILES string of the molecule is CCCN=C(NN)c1snnc1C. The second-order valence-electron chi connectivity index (χ2n) is 2.56. The molecular formula is C7H13N5S. The fraction of sp³-hybridized carbons (Fsp3) is 0.571. The van der Waals surface area contributed by atoms with Gasteiger partial charge in [0.2, 0.25) is 0 Å². The van der Waals surface area contributed by atoms with E-state index in [9.17, 15) is 0 Å². The van der Waals surface area contributed by atoms with Crippen molar-refractivity contribution in [3.05, 3.63) is 10.6 Å². The summed E-state index contributed by atoms with van der Waals surface area (Å²) in [6.07, 6.45) is 0.996. The summed E-state index contributed by atoms with van der Waals surface area (Å²) in [6.45, 7) is 4.71. The van der Waals surface area contributed by atoms with Gasteiger partial charge >= 0.3 is 0 Å². The number of aryl methyl sites for hydroxylation is 1. The van der Waals surface area contributed by atoms with Gasteiger partial charge in [0.25, 0.3) is 0 Å². The van der Waals surface area contributed by atoms with Gasteiger partial charge in [0.15, 0.2) is 5.84 Å². The average molecular weight is 199 g/mol. The van der Waals surface area contributed by atoms with Crippen LogP contribution in [0.15, 0.2) is 4.99 Å². The summed E-state index contributed by atoms with van der Waals surface area (Å²) in [5.41, 5.74) is 3.42. The van der Waals surface area contributed by atoms with Crippen molar-refractivity contribution in [3.63, 3.8) is 0 Å². The van der Waals surface area contributed by atoms with E-state index in [4.69, 9.17) is 5.84 Å². The van der Waals surface area contributed by atoms with E-state index >= 15 is 0 Å². The van der Waals surface area contributed by atoms with Gasteiger partial charge in [-0.1, -0.05) is 11.4 Å². The van der Waals surface area contributed by atoms with Crippen LogP contribution in [0.4, 0.5) is 0 Å². The fourth-order valence-electron chi connectivity index (χ4n) is 0.855. The highest BCUT2D eigenvalue weighted by atomic mass is 32.1. The van der Waals surface area contributed by atoms with E-state index in [0.29, 0.717) is 5.84 Å². The van der Waals surface area contributed by atoms with Gasteiger partial charge in [0, 0.05) is 6.54 Å². The molecule has 5 nitrogen and oxygen atoms in total. The van der Waals surface area contributed by atoms with E-state index in [1.807, 2.05) is 6.92 Å². The Morgan fingerprint density at radius 2 is 2.46 bits per heavy atom. The van der Waals surface area contributed by atoms with Crippen LogP contribution in [-0.4, -0.2) is 22.0 Å². The highest BCUT2D eigenvalue weighted by molar-refractivity contribution is 7.08. The molecule has 0 unspecified atom stereocenters. The van der Waals surface area contributed by atoms with E-state index in [0.717, 1.165) is 23.5 Å². The Labute approximate surface area is 81.2 Å². The van der Waals surface area contributed by atoms with Gasteiger partial charge in [-0.15, -0.1) is 5.10 Å². The first kappa shape index (κ1) is 10.1. The Kier molecular flexibility index (Phi) is 3.78. The maximum atomic E-state index is 5.34. The van der Waals surface area contributed by atoms with E-state index in [-0.39, 0.29) is 0 Å². The van der Waals surface area contributed by atoms with Crippen LogP contribution in [0.1, 0.15) is 23.9 Å². The summed E-state index contributed by atoms with van der Waals surface area (Å²) in [5.74, 6) is 6.02. The molecule has 0 aliphatic carbocycles. The summed E-state index contributed by atoms with van der Waals surface area (Å²) in [6, 6.07) is 0. The molecule has 3 N–H and O–H groups in total. The molecule has 0 fully saturated rings. The minimum Gasteiger partial charge on any atom is -0.307 e. The first-order valence-corrected chi connectivity index (χ1v) is 4.87. The van der Waals surface area contributed by atoms with Crippen molar-refractivity contribution in [2.45, 2.75) is 20.3 Å². The number of nitrogens with one attached hydrogen (secondary N) is 1. The van der Waals surface area contributed by atoms with E-state index in [1.165, 1.54) is 11.5 Å². The second kappa shape index (κ2) is 4.88. The molecule has 6 heteroatoms. The Hall–Kier alpha value is -1.01. The lowest BCUT2D eigenvalue weighted by atomic mass is 10.3. The number of rotatable bonds is 3. The zero-order chi connectivity index (χ0) is 9.68. The average Bonchev–Trinajstić information content (AvgIpc) is 2.54. The maximum absolute atomic E-state index is 5.34. The van der Waals surface area contributed by atoms with Crippen LogP contribution in [-0.2, 0) is 0 Å². The number of aromatic nitrogens is 2. The Morgan fingerprint density at radius 3 is 2.92 bits per heavy atom. The molecule has 0 aromatic carbocycles. The van der Waals surface area contributed by atoms with Crippen LogP contribution in [0.3, 0.4) is 0 Å². The number of hydrogen-bond donors (Lipinski definition) is 2. The summed E-state index contributed by atoms with van der Waals surface area (Å²) < 4.78 is 3.81. The zero-order valence-corrected chi connectivity index (χ0v) is 8.56. The molecule has 0 atom stereocenters. The first-order chi connectivity index (χ1) is 6.29. The van der Waals surface area contributed by atoms with E-state index < -0.39 is 0 Å². The Morgan fingerprint density at radius 1 is 1.69 bits per heavy atom. The third-order valence-electron chi connectivity index (χ3n) is 1.50. The lowest BCUT2D eigenvalue weighted by Crippen LogP contribution is -2.31. The number of hydrogen-bond acceptors (Lipinski definition) is 5. The predicted molar refractivity (Wildman–Crippen MR) is 53.7 cm³/mol. The molecule has 13 heavy (non-hydrogen) atoms. The van der Waals surface area contributed by atoms with Crippen molar-refractivity contribution in [3.8, 4) is 0 Å². The minimum absolute atomic E-state index is 0.675. The topological polar surface area (TPSA) is 76.2 Å². The summed E-state index contributed by atoms with van der Waals surface area (Å²) in [4.78, 5) is 5.19. The quantitative estimate of drug-likeness (QED) is 0.321. The summed E-state index contributed by atoms with van der Waals surface area (Å²) in [5, 5.41) is 3.89. The molecule has 1 heterocycles. The van der Waals surface area contributed by atoms with Crippen LogP contribution in [0.2, 0.25) is 0 Å². The molecule has 0 amide bonds. The van der Waals surface area contributed by atoms with E-state index in [2.05, 4.69) is 26.9 Å². The van der Waals surface area contributed by atoms with Crippen molar-refractivity contribution in [2.75, 3.05) is 6.54 Å². The molecule has 0 aliphatic heterocycles. The minimum atomic E-state index is 0.675. The number of nitrogens with zero attached hydrogens (tertiary/aromatic N) is 3. The molecule has 1 aromatic heterocycles. The van der Waals surface area contributed by atoms with E-state index in [1.54, 1.807) is 0 Å². The molecule has 0 aliphatic rings. The molecule has 0 radical (unpaired) electrons. The molecule has 72 valence electrons. The third-order valence-corrected chi connectivity index (χ3v) is 2.33. The monoisotopic (exact) mass is 199 g/mol. The fourth-order valence-corrected chi connectivity index (χ4v) is 1.48. The number of nitrogens with two attached hydrogens (primary N) is 1. The van der Waals surface area contributed by atoms with Crippen LogP contribution in [0.25, 0.3) is 0 Å². The number of amidine groups is 1. The highest BCUT2D eigenvalue weighted by Crippen LogP contribution is 2.08. The molecular weight excluding hydrogens is 186 g/mol. The molecule has 1 aromatic rings. The molecule has 0 saturated heterocycles. The maximum Gasteiger partial charge on any atom is 0.156 e. The molecule has 0 saturated carbocycles. The van der Waals surface area contributed by atoms with Crippen LogP contribution in [0, 0.1) is 6.92 Å². The van der Waals surface area contributed by atoms with Crippen molar-refractivity contribution in [2.24, 2.45) is 10.8 Å². The standard InChI is InChI=1S/C7H13N5S/c1-3-4-9-7(10-8)6-5(2)11-12-13-6/h3-4,8H2,1-2H3,(H,9,10). The smallest absolute Gasteiger partial charge is 0.156 e. The van der Waals surface area contributed by atoms with Crippen LogP contribution in [0.5, 0.6) is 0 Å². The largest absolute Gasteiger partial charge is 0.307 e. The Balaban J connectivity index is 2.84.